The third-order valence-corrected chi connectivity index (χ3v) is 10.9. The van der Waals surface area contributed by atoms with Crippen LogP contribution in [0.2, 0.25) is 0 Å². The number of nitrogens with zero attached hydrogens (tertiary/aromatic N) is 3. The van der Waals surface area contributed by atoms with E-state index in [-0.39, 0.29) is 41.8 Å². The van der Waals surface area contributed by atoms with E-state index in [0.29, 0.717) is 17.2 Å². The summed E-state index contributed by atoms with van der Waals surface area (Å²) in [7, 11) is 0. The third kappa shape index (κ3) is 6.99. The fourth-order valence-electron chi connectivity index (χ4n) is 5.19. The molecule has 1 atom stereocenters. The zero-order valence-corrected chi connectivity index (χ0v) is 29.8. The normalized spacial score (nSPS) is 18.7. The second-order valence-corrected chi connectivity index (χ2v) is 15.2. The van der Waals surface area contributed by atoms with Crippen LogP contribution in [0.4, 0.5) is 57.1 Å². The zero-order valence-electron chi connectivity index (χ0n) is 27.4. The molecule has 3 aromatic carbocycles. The van der Waals surface area contributed by atoms with Gasteiger partial charge in [0.05, 0.1) is 0 Å². The minimum absolute atomic E-state index is 0.000754. The van der Waals surface area contributed by atoms with Crippen molar-refractivity contribution < 1.29 is 67.7 Å². The van der Waals surface area contributed by atoms with Crippen LogP contribution in [0.3, 0.4) is 0 Å². The van der Waals surface area contributed by atoms with Gasteiger partial charge in [-0.3, -0.25) is 0 Å². The molecule has 6 nitrogen and oxygen atoms in total. The Morgan fingerprint density at radius 2 is 1.15 bits per heavy atom. The van der Waals surface area contributed by atoms with E-state index < -0.39 is 75.5 Å². The first-order valence-corrected chi connectivity index (χ1v) is 18.2. The second kappa shape index (κ2) is 13.6. The summed E-state index contributed by atoms with van der Waals surface area (Å²) in [5.74, 6) is -39.8. The average molecular weight is 828 g/mol. The molecule has 5 rings (SSSR count). The number of rotatable bonds is 5. The number of hydrogen-bond acceptors (Lipinski definition) is 6. The van der Waals surface area contributed by atoms with E-state index in [1.165, 1.54) is 24.6 Å². The van der Waals surface area contributed by atoms with Crippen LogP contribution in [0.25, 0.3) is 0 Å². The van der Waals surface area contributed by atoms with Gasteiger partial charge < -0.3 is 0 Å². The summed E-state index contributed by atoms with van der Waals surface area (Å²) in [5.41, 5.74) is -2.57. The predicted octanol–water partition coefficient (Wildman–Crippen LogP) is 9.06. The van der Waals surface area contributed by atoms with Gasteiger partial charge in [-0.1, -0.05) is 0 Å². The molecule has 0 aromatic heterocycles. The van der Waals surface area contributed by atoms with Gasteiger partial charge in [0, 0.05) is 0 Å². The van der Waals surface area contributed by atoms with Crippen LogP contribution < -0.4 is 10.6 Å². The van der Waals surface area contributed by atoms with E-state index in [1.807, 2.05) is 0 Å². The molecule has 0 amide bonds. The molecule has 284 valence electrons. The molecule has 20 heteroatoms. The van der Waals surface area contributed by atoms with Gasteiger partial charge in [-0.15, -0.1) is 0 Å². The molecule has 0 fully saturated rings. The first-order chi connectivity index (χ1) is 24.4. The van der Waals surface area contributed by atoms with Gasteiger partial charge in [0.2, 0.25) is 0 Å². The van der Waals surface area contributed by atoms with E-state index >= 15 is 17.6 Å². The van der Waals surface area contributed by atoms with Gasteiger partial charge >= 0.3 is 299 Å². The third-order valence-electron chi connectivity index (χ3n) is 8.22. The Morgan fingerprint density at radius 1 is 0.604 bits per heavy atom. The number of aryl methyl sites for hydroxylation is 2. The molecule has 0 saturated heterocycles. The van der Waals surface area contributed by atoms with E-state index in [0.717, 1.165) is 12.3 Å². The fourth-order valence-corrected chi connectivity index (χ4v) is 8.42. The van der Waals surface area contributed by atoms with Crippen molar-refractivity contribution in [1.29, 1.82) is 0 Å². The molecule has 0 unspecified atom stereocenters. The number of aliphatic imine (C=N–C) groups is 3. The number of para-hydroxylation sites is 2. The van der Waals surface area contributed by atoms with Crippen molar-refractivity contribution in [3.8, 4) is 17.2 Å². The summed E-state index contributed by atoms with van der Waals surface area (Å²) in [5, 5.41) is 0. The monoisotopic (exact) mass is 827 g/mol. The first-order valence-electron chi connectivity index (χ1n) is 15.2. The molecule has 2 aliphatic rings. The molecule has 0 saturated carbocycles. The van der Waals surface area contributed by atoms with Crippen LogP contribution in [-0.4, -0.2) is 84.5 Å². The summed E-state index contributed by atoms with van der Waals surface area (Å²) in [6.07, 6.45) is -4.00. The topological polar surface area (TPSA) is 64.8 Å². The molecular formula is C33H25F13GaN3O3. The first kappa shape index (κ1) is 40.0. The van der Waals surface area contributed by atoms with Gasteiger partial charge in [-0.2, -0.15) is 0 Å². The van der Waals surface area contributed by atoms with Gasteiger partial charge in [0.1, 0.15) is 0 Å². The van der Waals surface area contributed by atoms with Crippen LogP contribution in [0.5, 0.6) is 17.2 Å². The number of hydrogen-bond donors (Lipinski definition) is 0. The molecule has 0 aliphatic carbocycles. The Labute approximate surface area is 298 Å². The summed E-state index contributed by atoms with van der Waals surface area (Å²) in [6.45, 7) is 4.51. The van der Waals surface area contributed by atoms with E-state index in [9.17, 15) is 39.5 Å². The van der Waals surface area contributed by atoms with Gasteiger partial charge in [0.15, 0.2) is 0 Å². The molecule has 53 heavy (non-hydrogen) atoms. The quantitative estimate of drug-likeness (QED) is 0.191. The van der Waals surface area contributed by atoms with Crippen molar-refractivity contribution >= 4 is 36.0 Å². The Morgan fingerprint density at radius 3 is 1.75 bits per heavy atom. The summed E-state index contributed by atoms with van der Waals surface area (Å²) in [4.78, 5) is 13.2. The van der Waals surface area contributed by atoms with Gasteiger partial charge in [0.25, 0.3) is 0 Å². The van der Waals surface area contributed by atoms with Crippen molar-refractivity contribution in [3.63, 3.8) is 0 Å². The van der Waals surface area contributed by atoms with Gasteiger partial charge in [-0.25, -0.2) is 0 Å². The Balaban J connectivity index is 1.76. The van der Waals surface area contributed by atoms with Crippen LogP contribution in [0.15, 0.2) is 69.6 Å². The molecule has 0 N–H and O–H groups in total. The summed E-state index contributed by atoms with van der Waals surface area (Å²) >= 11 is -4.92. The number of fused-ring (bicyclic) bond motifs is 4. The average Bonchev–Trinajstić information content (AvgIpc) is 3.06. The Kier molecular flexibility index (Phi) is 10.2. The zero-order chi connectivity index (χ0) is 39.4. The standard InChI is InChI=1S/C33H28F13N3O3.Ga/c1-18-10-11-24(50)22(12-18)15-49-27(3,16-47-13-20-7-4-6-19(2)25(20)51)17-48-14-21-8-5-9-23(26(21)52)28(34,35)29(36,37)30(38,39)31(40,41)32(42,43)33(44,45)46;/h4-15,50-52H,16-17H2,1-3H3;/q;+3/p-3/t27-;/m1./s1. The van der Waals surface area contributed by atoms with Crippen LogP contribution in [0, 0.1) is 13.8 Å². The van der Waals surface area contributed by atoms with E-state index in [1.54, 1.807) is 45.0 Å². The summed E-state index contributed by atoms with van der Waals surface area (Å²) < 4.78 is 204. The van der Waals surface area contributed by atoms with Crippen molar-refractivity contribution in [2.45, 2.75) is 62.1 Å². The van der Waals surface area contributed by atoms with Crippen molar-refractivity contribution in [2.24, 2.45) is 15.0 Å². The molecule has 3 aromatic rings. The second-order valence-electron chi connectivity index (χ2n) is 12.5. The number of halogens is 13. The molecule has 2 heterocycles. The SMILES string of the molecule is Cc1ccc2c(c1)C=N[C@]1(C)CN=Cc3cccc(C)c3[O][Ga]([O]2)[O]c2c(cccc2C(F)(F)C(F)(F)C(F)(F)C(F)(F)C(F)(F)C(F)(F)F)C=NC1. The molecule has 2 bridgehead atoms. The summed E-state index contributed by atoms with van der Waals surface area (Å²) in [6, 6.07) is 10.7. The van der Waals surface area contributed by atoms with Gasteiger partial charge in [-0.05, 0) is 0 Å². The molecule has 0 radical (unpaired) electrons. The van der Waals surface area contributed by atoms with Crippen molar-refractivity contribution in [1.82, 2.24) is 0 Å². The van der Waals surface area contributed by atoms with Crippen molar-refractivity contribution in [3.05, 3.63) is 88.0 Å². The molecule has 2 aliphatic heterocycles. The van der Waals surface area contributed by atoms with Crippen LogP contribution in [-0.2, 0) is 5.92 Å². The number of benzene rings is 3. The predicted molar refractivity (Wildman–Crippen MR) is 167 cm³/mol. The van der Waals surface area contributed by atoms with E-state index in [2.05, 4.69) is 15.0 Å². The molecule has 0 spiro atoms. The minimum atomic E-state index is -8.09. The van der Waals surface area contributed by atoms with Crippen molar-refractivity contribution in [2.75, 3.05) is 13.1 Å². The van der Waals surface area contributed by atoms with Crippen LogP contribution >= 0.6 is 0 Å². The molecular weight excluding hydrogens is 803 g/mol. The Bertz CT molecular complexity index is 1970. The maximum absolute atomic E-state index is 15.9. The van der Waals surface area contributed by atoms with Crippen LogP contribution in [0.1, 0.15) is 40.3 Å². The maximum atomic E-state index is 15.9. The fraction of sp³-hybridized carbons (Fsp3) is 0.364. The van der Waals surface area contributed by atoms with E-state index in [4.69, 9.17) is 10.6 Å². The number of alkyl halides is 13. The Hall–Kier alpha value is -4.20.